The summed E-state index contributed by atoms with van der Waals surface area (Å²) in [7, 11) is -3.46. The Morgan fingerprint density at radius 2 is 1.77 bits per heavy atom. The Morgan fingerprint density at radius 1 is 1.10 bits per heavy atom. The molecule has 0 radical (unpaired) electrons. The van der Waals surface area contributed by atoms with Gasteiger partial charge >= 0.3 is 0 Å². The maximum Gasteiger partial charge on any atom is 0.232 e. The lowest BCUT2D eigenvalue weighted by molar-refractivity contribution is -0.121. The highest BCUT2D eigenvalue weighted by molar-refractivity contribution is 7.92. The van der Waals surface area contributed by atoms with Crippen molar-refractivity contribution in [2.45, 2.75) is 46.6 Å². The van der Waals surface area contributed by atoms with Gasteiger partial charge in [-0.25, -0.2) is 8.42 Å². The third-order valence-electron chi connectivity index (χ3n) is 5.01. The quantitative estimate of drug-likeness (QED) is 0.613. The molecule has 1 atom stereocenters. The minimum Gasteiger partial charge on any atom is -0.494 e. The molecule has 164 valence electrons. The topological polar surface area (TPSA) is 75.7 Å². The first-order chi connectivity index (χ1) is 14.1. The summed E-state index contributed by atoms with van der Waals surface area (Å²) in [5, 5.41) is 2.99. The van der Waals surface area contributed by atoms with Crippen LogP contribution in [0.25, 0.3) is 0 Å². The van der Waals surface area contributed by atoms with E-state index in [1.807, 2.05) is 32.9 Å². The molecule has 0 heterocycles. The molecule has 0 bridgehead atoms. The van der Waals surface area contributed by atoms with Crippen molar-refractivity contribution in [2.24, 2.45) is 0 Å². The third-order valence-corrected chi connectivity index (χ3v) is 6.20. The van der Waals surface area contributed by atoms with Crippen LogP contribution in [0.3, 0.4) is 0 Å². The van der Waals surface area contributed by atoms with Gasteiger partial charge in [0.25, 0.3) is 0 Å². The number of benzene rings is 2. The second-order valence-electron chi connectivity index (χ2n) is 7.50. The molecule has 0 unspecified atom stereocenters. The number of hydrogen-bond acceptors (Lipinski definition) is 4. The van der Waals surface area contributed by atoms with Crippen LogP contribution in [-0.4, -0.2) is 33.7 Å². The van der Waals surface area contributed by atoms with Gasteiger partial charge in [-0.15, -0.1) is 0 Å². The minimum absolute atomic E-state index is 0.0964. The van der Waals surface area contributed by atoms with Crippen LogP contribution in [0.5, 0.6) is 5.75 Å². The van der Waals surface area contributed by atoms with Crippen LogP contribution in [0.1, 0.15) is 49.4 Å². The van der Waals surface area contributed by atoms with Gasteiger partial charge in [-0.3, -0.25) is 9.10 Å². The van der Waals surface area contributed by atoms with Crippen LogP contribution in [0.2, 0.25) is 0 Å². The van der Waals surface area contributed by atoms with Crippen LogP contribution in [0.15, 0.2) is 42.5 Å². The number of aryl methyl sites for hydroxylation is 2. The standard InChI is InChI=1S/C23H32N2O4S/c1-6-29-22-13-11-21(12-14-22)25(30(5,27)28)15-7-8-23(26)24-19(4)20-10-9-17(2)18(3)16-20/h9-14,16,19H,6-8,15H2,1-5H3,(H,24,26)/t19-/m1/s1. The summed E-state index contributed by atoms with van der Waals surface area (Å²) >= 11 is 0. The number of carbonyl (C=O) groups excluding carboxylic acids is 1. The summed E-state index contributed by atoms with van der Waals surface area (Å²) in [4.78, 5) is 12.4. The molecule has 2 rings (SSSR count). The monoisotopic (exact) mass is 432 g/mol. The van der Waals surface area contributed by atoms with E-state index in [1.165, 1.54) is 21.7 Å². The molecule has 0 fully saturated rings. The predicted octanol–water partition coefficient (Wildman–Crippen LogP) is 4.13. The first kappa shape index (κ1) is 23.7. The fourth-order valence-electron chi connectivity index (χ4n) is 3.18. The van der Waals surface area contributed by atoms with E-state index in [1.54, 1.807) is 24.3 Å². The zero-order valence-electron chi connectivity index (χ0n) is 18.4. The third kappa shape index (κ3) is 6.76. The lowest BCUT2D eigenvalue weighted by Gasteiger charge is -2.23. The number of nitrogens with zero attached hydrogens (tertiary/aromatic N) is 1. The van der Waals surface area contributed by atoms with Gasteiger partial charge < -0.3 is 10.1 Å². The molecular weight excluding hydrogens is 400 g/mol. The number of ether oxygens (including phenoxy) is 1. The molecule has 1 N–H and O–H groups in total. The summed E-state index contributed by atoms with van der Waals surface area (Å²) in [6.45, 7) is 8.73. The van der Waals surface area contributed by atoms with E-state index < -0.39 is 10.0 Å². The summed E-state index contributed by atoms with van der Waals surface area (Å²) in [6.07, 6.45) is 1.84. The maximum atomic E-state index is 12.4. The summed E-state index contributed by atoms with van der Waals surface area (Å²) < 4.78 is 31.2. The molecule has 30 heavy (non-hydrogen) atoms. The normalized spacial score (nSPS) is 12.3. The Morgan fingerprint density at radius 3 is 2.33 bits per heavy atom. The number of hydrogen-bond donors (Lipinski definition) is 1. The predicted molar refractivity (Wildman–Crippen MR) is 122 cm³/mol. The number of rotatable bonds is 10. The van der Waals surface area contributed by atoms with E-state index in [9.17, 15) is 13.2 Å². The maximum absolute atomic E-state index is 12.4. The fourth-order valence-corrected chi connectivity index (χ4v) is 4.14. The highest BCUT2D eigenvalue weighted by atomic mass is 32.2. The van der Waals surface area contributed by atoms with Gasteiger partial charge in [0, 0.05) is 13.0 Å². The largest absolute Gasteiger partial charge is 0.494 e. The number of sulfonamides is 1. The molecule has 0 aromatic heterocycles. The van der Waals surface area contributed by atoms with E-state index in [-0.39, 0.29) is 24.9 Å². The second kappa shape index (κ2) is 10.5. The summed E-state index contributed by atoms with van der Waals surface area (Å²) in [5.74, 6) is 0.593. The molecule has 0 aliphatic heterocycles. The molecule has 1 amide bonds. The van der Waals surface area contributed by atoms with E-state index in [0.717, 1.165) is 5.56 Å². The van der Waals surface area contributed by atoms with Crippen LogP contribution in [0, 0.1) is 13.8 Å². The van der Waals surface area contributed by atoms with E-state index in [4.69, 9.17) is 4.74 Å². The highest BCUT2D eigenvalue weighted by Crippen LogP contribution is 2.22. The van der Waals surface area contributed by atoms with Crippen molar-refractivity contribution < 1.29 is 17.9 Å². The Balaban J connectivity index is 1.94. The van der Waals surface area contributed by atoms with Gasteiger partial charge in [0.05, 0.1) is 24.6 Å². The SMILES string of the molecule is CCOc1ccc(N(CCCC(=O)N[C@H](C)c2ccc(C)c(C)c2)S(C)(=O)=O)cc1. The van der Waals surface area contributed by atoms with E-state index in [2.05, 4.69) is 18.3 Å². The highest BCUT2D eigenvalue weighted by Gasteiger charge is 2.18. The fraction of sp³-hybridized carbons (Fsp3) is 0.435. The van der Waals surface area contributed by atoms with Gasteiger partial charge in [-0.1, -0.05) is 18.2 Å². The van der Waals surface area contributed by atoms with Crippen molar-refractivity contribution in [1.82, 2.24) is 5.32 Å². The molecule has 0 saturated heterocycles. The Bertz CT molecular complexity index is 956. The number of anilines is 1. The molecule has 0 aliphatic rings. The molecule has 0 spiro atoms. The molecule has 2 aromatic rings. The second-order valence-corrected chi connectivity index (χ2v) is 9.41. The van der Waals surface area contributed by atoms with Gasteiger partial charge in [0.1, 0.15) is 5.75 Å². The van der Waals surface area contributed by atoms with Crippen LogP contribution < -0.4 is 14.4 Å². The summed E-state index contributed by atoms with van der Waals surface area (Å²) in [6, 6.07) is 13.0. The van der Waals surface area contributed by atoms with Crippen molar-refractivity contribution in [3.05, 3.63) is 59.2 Å². The lowest BCUT2D eigenvalue weighted by Crippen LogP contribution is -2.32. The Labute approximate surface area is 180 Å². The molecule has 0 aliphatic carbocycles. The first-order valence-corrected chi connectivity index (χ1v) is 12.0. The minimum atomic E-state index is -3.46. The van der Waals surface area contributed by atoms with Crippen molar-refractivity contribution in [3.8, 4) is 5.75 Å². The molecule has 7 heteroatoms. The molecule has 2 aromatic carbocycles. The Kier molecular flexibility index (Phi) is 8.29. The zero-order chi connectivity index (χ0) is 22.3. The van der Waals surface area contributed by atoms with E-state index in [0.29, 0.717) is 24.5 Å². The van der Waals surface area contributed by atoms with Crippen LogP contribution in [-0.2, 0) is 14.8 Å². The number of nitrogens with one attached hydrogen (secondary N) is 1. The van der Waals surface area contributed by atoms with E-state index >= 15 is 0 Å². The van der Waals surface area contributed by atoms with Gasteiger partial charge in [0.15, 0.2) is 0 Å². The average Bonchev–Trinajstić information content (AvgIpc) is 2.67. The average molecular weight is 433 g/mol. The first-order valence-electron chi connectivity index (χ1n) is 10.2. The van der Waals surface area contributed by atoms with Crippen molar-refractivity contribution >= 4 is 21.6 Å². The van der Waals surface area contributed by atoms with Gasteiger partial charge in [-0.05, 0) is 75.1 Å². The zero-order valence-corrected chi connectivity index (χ0v) is 19.3. The van der Waals surface area contributed by atoms with Crippen molar-refractivity contribution in [3.63, 3.8) is 0 Å². The molecule has 0 saturated carbocycles. The van der Waals surface area contributed by atoms with Crippen LogP contribution >= 0.6 is 0 Å². The van der Waals surface area contributed by atoms with Crippen molar-refractivity contribution in [1.29, 1.82) is 0 Å². The lowest BCUT2D eigenvalue weighted by atomic mass is 10.0. The molecular formula is C23H32N2O4S. The molecule has 6 nitrogen and oxygen atoms in total. The van der Waals surface area contributed by atoms with Gasteiger partial charge in [-0.2, -0.15) is 0 Å². The Hall–Kier alpha value is -2.54. The van der Waals surface area contributed by atoms with Crippen molar-refractivity contribution in [2.75, 3.05) is 23.7 Å². The van der Waals surface area contributed by atoms with Crippen LogP contribution in [0.4, 0.5) is 5.69 Å². The smallest absolute Gasteiger partial charge is 0.232 e. The number of amides is 1. The van der Waals surface area contributed by atoms with Gasteiger partial charge in [0.2, 0.25) is 15.9 Å². The summed E-state index contributed by atoms with van der Waals surface area (Å²) in [5.41, 5.74) is 4.02. The number of carbonyl (C=O) groups is 1.